The summed E-state index contributed by atoms with van der Waals surface area (Å²) in [7, 11) is 0. The maximum absolute atomic E-state index is 6.74. The fraction of sp³-hybridized carbons (Fsp3) is 0. The van der Waals surface area contributed by atoms with Crippen LogP contribution in [0.4, 0.5) is 17.1 Å². The first kappa shape index (κ1) is 27.5. The highest BCUT2D eigenvalue weighted by molar-refractivity contribution is 6.10. The van der Waals surface area contributed by atoms with Gasteiger partial charge in [-0.25, -0.2) is 0 Å². The van der Waals surface area contributed by atoms with E-state index in [1.807, 2.05) is 18.2 Å². The average Bonchev–Trinajstić information content (AvgIpc) is 3.54. The van der Waals surface area contributed by atoms with Gasteiger partial charge in [0.25, 0.3) is 0 Å². The fourth-order valence-electron chi connectivity index (χ4n) is 7.36. The molecule has 9 aromatic rings. The molecule has 3 heteroatoms. The van der Waals surface area contributed by atoms with E-state index >= 15 is 0 Å². The molecule has 3 nitrogen and oxygen atoms in total. The minimum absolute atomic E-state index is 0.830. The summed E-state index contributed by atoms with van der Waals surface area (Å²) in [6.07, 6.45) is 0. The summed E-state index contributed by atoms with van der Waals surface area (Å²) < 4.78 is 13.1. The zero-order valence-electron chi connectivity index (χ0n) is 26.5. The van der Waals surface area contributed by atoms with Crippen molar-refractivity contribution in [2.75, 3.05) is 4.90 Å². The lowest BCUT2D eigenvalue weighted by Gasteiger charge is -2.29. The molecule has 0 spiro atoms. The van der Waals surface area contributed by atoms with Gasteiger partial charge < -0.3 is 14.1 Å². The first-order valence-electron chi connectivity index (χ1n) is 16.6. The van der Waals surface area contributed by atoms with Gasteiger partial charge >= 0.3 is 0 Å². The quantitative estimate of drug-likeness (QED) is 0.190. The number of hydrogen-bond donors (Lipinski definition) is 0. The van der Waals surface area contributed by atoms with Gasteiger partial charge in [0, 0.05) is 56.5 Å². The van der Waals surface area contributed by atoms with Crippen LogP contribution in [0.2, 0.25) is 0 Å². The van der Waals surface area contributed by atoms with Crippen LogP contribution in [0.1, 0.15) is 0 Å². The van der Waals surface area contributed by atoms with E-state index in [9.17, 15) is 0 Å². The van der Waals surface area contributed by atoms with Crippen LogP contribution >= 0.6 is 0 Å². The van der Waals surface area contributed by atoms with Crippen molar-refractivity contribution in [2.24, 2.45) is 0 Å². The van der Waals surface area contributed by atoms with E-state index < -0.39 is 0 Å². The van der Waals surface area contributed by atoms with Gasteiger partial charge in [0.05, 0.1) is 0 Å². The molecule has 2 heterocycles. The molecule has 0 saturated carbocycles. The number of ether oxygens (including phenoxy) is 1. The molecular weight excluding hydrogens is 599 g/mol. The maximum atomic E-state index is 6.74. The third-order valence-electron chi connectivity index (χ3n) is 9.66. The van der Waals surface area contributed by atoms with Crippen LogP contribution < -0.4 is 9.64 Å². The number of furan rings is 1. The van der Waals surface area contributed by atoms with Crippen LogP contribution in [0.25, 0.3) is 66.1 Å². The molecule has 0 amide bonds. The molecule has 0 atom stereocenters. The molecule has 0 bridgehead atoms. The smallest absolute Gasteiger partial charge is 0.137 e. The standard InChI is InChI=1S/C46H29NO2/c1-3-10-30(11-4-1)31-18-21-34(22-19-31)47(35-23-26-39-38-15-7-8-16-41(38)48-43(39)28-35)36-24-27-40-44(29-36)49-42-17-9-14-33-20-25-37(46(40)45(33)42)32-12-5-2-6-13-32/h1-29H. The van der Waals surface area contributed by atoms with Crippen molar-refractivity contribution in [1.82, 2.24) is 0 Å². The molecule has 0 aliphatic carbocycles. The van der Waals surface area contributed by atoms with Gasteiger partial charge in [-0.2, -0.15) is 0 Å². The zero-order chi connectivity index (χ0) is 32.3. The minimum atomic E-state index is 0.830. The highest BCUT2D eigenvalue weighted by Crippen LogP contribution is 2.52. The maximum Gasteiger partial charge on any atom is 0.137 e. The minimum Gasteiger partial charge on any atom is -0.456 e. The molecule has 1 aromatic heterocycles. The highest BCUT2D eigenvalue weighted by atomic mass is 16.5. The second-order valence-corrected chi connectivity index (χ2v) is 12.5. The largest absolute Gasteiger partial charge is 0.456 e. The monoisotopic (exact) mass is 627 g/mol. The number of benzene rings is 8. The van der Waals surface area contributed by atoms with Gasteiger partial charge in [-0.3, -0.25) is 0 Å². The lowest BCUT2D eigenvalue weighted by molar-refractivity contribution is 0.487. The van der Waals surface area contributed by atoms with E-state index in [0.29, 0.717) is 0 Å². The Hall–Kier alpha value is -6.58. The van der Waals surface area contributed by atoms with Crippen molar-refractivity contribution in [2.45, 2.75) is 0 Å². The molecule has 1 aliphatic heterocycles. The van der Waals surface area contributed by atoms with E-state index in [1.54, 1.807) is 0 Å². The normalized spacial score (nSPS) is 11.8. The van der Waals surface area contributed by atoms with Crippen LogP contribution in [0.15, 0.2) is 180 Å². The molecule has 0 N–H and O–H groups in total. The molecule has 10 rings (SSSR count). The van der Waals surface area contributed by atoms with Crippen LogP contribution in [0.3, 0.4) is 0 Å². The molecular formula is C46H29NO2. The number of nitrogens with zero attached hydrogens (tertiary/aromatic N) is 1. The van der Waals surface area contributed by atoms with Gasteiger partial charge in [0.2, 0.25) is 0 Å². The van der Waals surface area contributed by atoms with Gasteiger partial charge in [-0.15, -0.1) is 0 Å². The topological polar surface area (TPSA) is 25.6 Å². The highest BCUT2D eigenvalue weighted by Gasteiger charge is 2.25. The van der Waals surface area contributed by atoms with E-state index in [0.717, 1.165) is 61.4 Å². The van der Waals surface area contributed by atoms with Crippen molar-refractivity contribution < 1.29 is 9.15 Å². The van der Waals surface area contributed by atoms with Crippen molar-refractivity contribution in [3.05, 3.63) is 176 Å². The predicted molar refractivity (Wildman–Crippen MR) is 202 cm³/mol. The van der Waals surface area contributed by atoms with Crippen molar-refractivity contribution in [3.63, 3.8) is 0 Å². The van der Waals surface area contributed by atoms with Crippen molar-refractivity contribution in [3.8, 4) is 44.9 Å². The fourth-order valence-corrected chi connectivity index (χ4v) is 7.36. The molecule has 1 aliphatic rings. The Balaban J connectivity index is 1.16. The van der Waals surface area contributed by atoms with E-state index in [1.165, 1.54) is 33.2 Å². The van der Waals surface area contributed by atoms with Crippen molar-refractivity contribution >= 4 is 49.8 Å². The zero-order valence-corrected chi connectivity index (χ0v) is 26.5. The lowest BCUT2D eigenvalue weighted by atomic mass is 9.87. The first-order chi connectivity index (χ1) is 24.3. The van der Waals surface area contributed by atoms with E-state index in [-0.39, 0.29) is 0 Å². The second-order valence-electron chi connectivity index (χ2n) is 12.5. The Morgan fingerprint density at radius 1 is 0.388 bits per heavy atom. The van der Waals surface area contributed by atoms with Crippen LogP contribution in [0.5, 0.6) is 11.5 Å². The average molecular weight is 628 g/mol. The van der Waals surface area contributed by atoms with E-state index in [4.69, 9.17) is 9.15 Å². The molecule has 49 heavy (non-hydrogen) atoms. The van der Waals surface area contributed by atoms with Gasteiger partial charge in [0.15, 0.2) is 0 Å². The van der Waals surface area contributed by atoms with Gasteiger partial charge in [0.1, 0.15) is 22.7 Å². The Bertz CT molecular complexity index is 2670. The molecule has 0 fully saturated rings. The SMILES string of the molecule is c1ccc(-c2ccc(N(c3ccc4c(c3)Oc3cccc5ccc(-c6ccccc6)c-4c35)c3ccc4c(c3)oc3ccccc34)cc2)cc1. The number of para-hydroxylation sites is 1. The summed E-state index contributed by atoms with van der Waals surface area (Å²) in [5.41, 5.74) is 11.8. The molecule has 230 valence electrons. The number of rotatable bonds is 5. The summed E-state index contributed by atoms with van der Waals surface area (Å²) >= 11 is 0. The Labute approximate surface area is 283 Å². The molecule has 0 unspecified atom stereocenters. The molecule has 0 radical (unpaired) electrons. The summed E-state index contributed by atoms with van der Waals surface area (Å²) in [6.45, 7) is 0. The van der Waals surface area contributed by atoms with Gasteiger partial charge in [-0.05, 0) is 76.2 Å². The van der Waals surface area contributed by atoms with Crippen molar-refractivity contribution in [1.29, 1.82) is 0 Å². The Kier molecular flexibility index (Phi) is 6.18. The number of hydrogen-bond acceptors (Lipinski definition) is 3. The predicted octanol–water partition coefficient (Wildman–Crippen LogP) is 13.3. The third-order valence-corrected chi connectivity index (χ3v) is 9.66. The summed E-state index contributed by atoms with van der Waals surface area (Å²) in [4.78, 5) is 2.28. The third kappa shape index (κ3) is 4.51. The van der Waals surface area contributed by atoms with E-state index in [2.05, 4.69) is 163 Å². The summed E-state index contributed by atoms with van der Waals surface area (Å²) in [5.74, 6) is 1.70. The number of fused-ring (bicyclic) bond motifs is 5. The second kappa shape index (κ2) is 11.0. The first-order valence-corrected chi connectivity index (χ1v) is 16.6. The van der Waals surface area contributed by atoms with Crippen LogP contribution in [0, 0.1) is 0 Å². The van der Waals surface area contributed by atoms with Gasteiger partial charge in [-0.1, -0.05) is 115 Å². The molecule has 8 aromatic carbocycles. The lowest BCUT2D eigenvalue weighted by Crippen LogP contribution is -2.10. The summed E-state index contributed by atoms with van der Waals surface area (Å²) in [6, 6.07) is 61.9. The Morgan fingerprint density at radius 2 is 1.04 bits per heavy atom. The number of anilines is 3. The Morgan fingerprint density at radius 3 is 1.88 bits per heavy atom. The van der Waals surface area contributed by atoms with Crippen LogP contribution in [-0.4, -0.2) is 0 Å². The molecule has 0 saturated heterocycles. The van der Waals surface area contributed by atoms with Crippen LogP contribution in [-0.2, 0) is 0 Å². The summed E-state index contributed by atoms with van der Waals surface area (Å²) in [5, 5.41) is 4.53.